The van der Waals surface area contributed by atoms with E-state index in [0.717, 1.165) is 57.7 Å². The van der Waals surface area contributed by atoms with Gasteiger partial charge in [-0.25, -0.2) is 0 Å². The molecular formula is C29H38N4O4. The molecule has 3 aliphatic heterocycles. The molecule has 2 unspecified atom stereocenters. The minimum atomic E-state index is -0.526. The van der Waals surface area contributed by atoms with Crippen LogP contribution in [0.1, 0.15) is 52.4 Å². The van der Waals surface area contributed by atoms with Crippen LogP contribution in [0.25, 0.3) is 0 Å². The molecular weight excluding hydrogens is 468 g/mol. The minimum absolute atomic E-state index is 0.0523. The number of amides is 2. The summed E-state index contributed by atoms with van der Waals surface area (Å²) in [7, 11) is 3.14. The maximum atomic E-state index is 13.9. The summed E-state index contributed by atoms with van der Waals surface area (Å²) in [5.74, 6) is 0.375. The molecule has 0 spiro atoms. The third kappa shape index (κ3) is 4.92. The zero-order valence-electron chi connectivity index (χ0n) is 22.2. The summed E-state index contributed by atoms with van der Waals surface area (Å²) in [6, 6.07) is 11.4. The summed E-state index contributed by atoms with van der Waals surface area (Å²) in [5.41, 5.74) is 3.47. The normalized spacial score (nSPS) is 21.6. The third-order valence-electron chi connectivity index (χ3n) is 8.17. The molecule has 5 rings (SSSR count). The number of fused-ring (bicyclic) bond motifs is 4. The first-order chi connectivity index (χ1) is 18.0. The fraction of sp³-hybridized carbons (Fsp3) is 0.517. The minimum Gasteiger partial charge on any atom is -0.493 e. The van der Waals surface area contributed by atoms with Gasteiger partial charge in [0.1, 0.15) is 0 Å². The Morgan fingerprint density at radius 2 is 1.68 bits per heavy atom. The Labute approximate surface area is 219 Å². The van der Waals surface area contributed by atoms with Crippen LogP contribution in [0.3, 0.4) is 0 Å². The highest BCUT2D eigenvalue weighted by molar-refractivity contribution is 6.02. The largest absolute Gasteiger partial charge is 0.493 e. The summed E-state index contributed by atoms with van der Waals surface area (Å²) in [5, 5.41) is 3.21. The van der Waals surface area contributed by atoms with Crippen molar-refractivity contribution in [3.63, 3.8) is 0 Å². The van der Waals surface area contributed by atoms with Crippen molar-refractivity contribution in [1.29, 1.82) is 0 Å². The average Bonchev–Trinajstić information content (AvgIpc) is 2.95. The van der Waals surface area contributed by atoms with E-state index in [2.05, 4.69) is 34.2 Å². The van der Waals surface area contributed by atoms with Gasteiger partial charge in [-0.3, -0.25) is 9.59 Å². The monoisotopic (exact) mass is 506 g/mol. The molecule has 0 saturated carbocycles. The van der Waals surface area contributed by atoms with Crippen molar-refractivity contribution < 1.29 is 19.1 Å². The molecule has 8 nitrogen and oxygen atoms in total. The van der Waals surface area contributed by atoms with Crippen LogP contribution in [0.4, 0.5) is 0 Å². The first-order valence-electron chi connectivity index (χ1n) is 13.4. The lowest BCUT2D eigenvalue weighted by molar-refractivity contribution is -0.124. The Balaban J connectivity index is 1.39. The number of carbonyl (C=O) groups is 2. The van der Waals surface area contributed by atoms with E-state index in [1.54, 1.807) is 20.3 Å². The van der Waals surface area contributed by atoms with Gasteiger partial charge in [0.15, 0.2) is 11.5 Å². The first kappa shape index (κ1) is 25.5. The molecule has 2 aromatic rings. The van der Waals surface area contributed by atoms with Crippen LogP contribution in [0, 0.1) is 0 Å². The average molecular weight is 507 g/mol. The van der Waals surface area contributed by atoms with E-state index in [9.17, 15) is 9.59 Å². The standard InChI is InChI=1S/C29H38N4O4/c1-4-31-14-16-32(17-15-31)12-7-11-30-28(34)26-22-18-24(36-2)25(37-3)19-23(22)29(35)33-13-10-20-8-5-6-9-21(20)27(26)33/h5-6,8-9,18-19,26-27H,4,7,10-17H2,1-3H3,(H,30,34). The molecule has 0 radical (unpaired) electrons. The summed E-state index contributed by atoms with van der Waals surface area (Å²) in [6.45, 7) is 9.85. The maximum absolute atomic E-state index is 13.9. The molecule has 2 aromatic carbocycles. The molecule has 0 aromatic heterocycles. The number of likely N-dealkylation sites (N-methyl/N-ethyl adjacent to an activating group) is 1. The van der Waals surface area contributed by atoms with Crippen molar-refractivity contribution in [2.24, 2.45) is 0 Å². The maximum Gasteiger partial charge on any atom is 0.254 e. The van der Waals surface area contributed by atoms with Gasteiger partial charge in [0.05, 0.1) is 26.2 Å². The van der Waals surface area contributed by atoms with E-state index in [-0.39, 0.29) is 17.9 Å². The number of hydrogen-bond donors (Lipinski definition) is 1. The van der Waals surface area contributed by atoms with Crippen molar-refractivity contribution >= 4 is 11.8 Å². The molecule has 1 N–H and O–H groups in total. The van der Waals surface area contributed by atoms with E-state index in [4.69, 9.17) is 9.47 Å². The molecule has 37 heavy (non-hydrogen) atoms. The fourth-order valence-corrected chi connectivity index (χ4v) is 6.09. The van der Waals surface area contributed by atoms with Crippen molar-refractivity contribution in [1.82, 2.24) is 20.0 Å². The quantitative estimate of drug-likeness (QED) is 0.555. The number of benzene rings is 2. The van der Waals surface area contributed by atoms with Crippen LogP contribution in [0.2, 0.25) is 0 Å². The molecule has 0 aliphatic carbocycles. The van der Waals surface area contributed by atoms with Crippen LogP contribution in [0.15, 0.2) is 36.4 Å². The van der Waals surface area contributed by atoms with Gasteiger partial charge in [-0.15, -0.1) is 0 Å². The lowest BCUT2D eigenvalue weighted by Gasteiger charge is -2.45. The molecule has 0 bridgehead atoms. The Bertz CT molecular complexity index is 1140. The van der Waals surface area contributed by atoms with Crippen molar-refractivity contribution in [2.75, 3.05) is 66.6 Å². The molecule has 8 heteroatoms. The molecule has 3 aliphatic rings. The number of rotatable bonds is 8. The highest BCUT2D eigenvalue weighted by Gasteiger charge is 2.46. The number of hydrogen-bond acceptors (Lipinski definition) is 6. The van der Waals surface area contributed by atoms with Gasteiger partial charge in [-0.05, 0) is 54.8 Å². The second kappa shape index (κ2) is 11.1. The summed E-state index contributed by atoms with van der Waals surface area (Å²) < 4.78 is 11.0. The summed E-state index contributed by atoms with van der Waals surface area (Å²) in [4.78, 5) is 34.4. The molecule has 2 atom stereocenters. The second-order valence-corrected chi connectivity index (χ2v) is 10.1. The van der Waals surface area contributed by atoms with Crippen LogP contribution in [-0.2, 0) is 11.2 Å². The fourth-order valence-electron chi connectivity index (χ4n) is 6.09. The van der Waals surface area contributed by atoms with Gasteiger partial charge in [-0.2, -0.15) is 0 Å². The van der Waals surface area contributed by atoms with Crippen molar-refractivity contribution in [3.05, 3.63) is 58.7 Å². The van der Waals surface area contributed by atoms with Crippen LogP contribution in [-0.4, -0.2) is 93.1 Å². The number of carbonyl (C=O) groups excluding carboxylic acids is 2. The Morgan fingerprint density at radius 3 is 2.41 bits per heavy atom. The van der Waals surface area contributed by atoms with Crippen molar-refractivity contribution in [3.8, 4) is 11.5 Å². The van der Waals surface area contributed by atoms with E-state index >= 15 is 0 Å². The summed E-state index contributed by atoms with van der Waals surface area (Å²) in [6.07, 6.45) is 1.67. The van der Waals surface area contributed by atoms with Crippen molar-refractivity contribution in [2.45, 2.75) is 31.7 Å². The van der Waals surface area contributed by atoms with Gasteiger partial charge in [-0.1, -0.05) is 31.2 Å². The van der Waals surface area contributed by atoms with Crippen LogP contribution >= 0.6 is 0 Å². The number of nitrogens with one attached hydrogen (secondary N) is 1. The lowest BCUT2D eigenvalue weighted by Crippen LogP contribution is -2.50. The SMILES string of the molecule is CCN1CCN(CCCNC(=O)C2c3cc(OC)c(OC)cc3C(=O)N3CCc4ccccc4C23)CC1. The van der Waals surface area contributed by atoms with Crippen LogP contribution < -0.4 is 14.8 Å². The predicted molar refractivity (Wildman–Crippen MR) is 142 cm³/mol. The number of piperazine rings is 1. The van der Waals surface area contributed by atoms with E-state index < -0.39 is 5.92 Å². The molecule has 1 saturated heterocycles. The van der Waals surface area contributed by atoms with Gasteiger partial charge in [0.25, 0.3) is 5.91 Å². The van der Waals surface area contributed by atoms with Gasteiger partial charge < -0.3 is 29.5 Å². The van der Waals surface area contributed by atoms with Gasteiger partial charge in [0, 0.05) is 44.8 Å². The zero-order chi connectivity index (χ0) is 25.9. The number of methoxy groups -OCH3 is 2. The summed E-state index contributed by atoms with van der Waals surface area (Å²) >= 11 is 0. The Morgan fingerprint density at radius 1 is 0.973 bits per heavy atom. The Hall–Kier alpha value is -3.10. The topological polar surface area (TPSA) is 74.4 Å². The van der Waals surface area contributed by atoms with E-state index in [1.165, 1.54) is 5.56 Å². The lowest BCUT2D eigenvalue weighted by atomic mass is 9.75. The number of ether oxygens (including phenoxy) is 2. The molecule has 3 heterocycles. The highest BCUT2D eigenvalue weighted by Crippen LogP contribution is 2.48. The third-order valence-corrected chi connectivity index (χ3v) is 8.17. The highest BCUT2D eigenvalue weighted by atomic mass is 16.5. The van der Waals surface area contributed by atoms with Crippen LogP contribution in [0.5, 0.6) is 11.5 Å². The smallest absolute Gasteiger partial charge is 0.254 e. The first-order valence-corrected chi connectivity index (χ1v) is 13.4. The van der Waals surface area contributed by atoms with E-state index in [0.29, 0.717) is 35.7 Å². The molecule has 1 fully saturated rings. The van der Waals surface area contributed by atoms with Gasteiger partial charge >= 0.3 is 0 Å². The Kier molecular flexibility index (Phi) is 7.67. The van der Waals surface area contributed by atoms with Gasteiger partial charge in [0.2, 0.25) is 5.91 Å². The van der Waals surface area contributed by atoms with E-state index in [1.807, 2.05) is 23.1 Å². The predicted octanol–water partition coefficient (Wildman–Crippen LogP) is 2.68. The molecule has 2 amide bonds. The zero-order valence-corrected chi connectivity index (χ0v) is 22.2. The molecule has 198 valence electrons. The second-order valence-electron chi connectivity index (χ2n) is 10.1. The number of nitrogens with zero attached hydrogens (tertiary/aromatic N) is 3.